The Kier molecular flexibility index (Phi) is 6.49. The largest absolute Gasteiger partial charge is 0.362 e. The van der Waals surface area contributed by atoms with Gasteiger partial charge in [-0.05, 0) is 36.3 Å². The molecule has 1 fully saturated rings. The third-order valence-electron chi connectivity index (χ3n) is 4.34. The summed E-state index contributed by atoms with van der Waals surface area (Å²) in [6, 6.07) is 14.7. The first-order valence-electron chi connectivity index (χ1n) is 8.35. The van der Waals surface area contributed by atoms with Gasteiger partial charge < -0.3 is 15.1 Å². The lowest BCUT2D eigenvalue weighted by atomic mass is 10.1. The van der Waals surface area contributed by atoms with Crippen LogP contribution in [0.1, 0.15) is 10.4 Å². The molecule has 0 spiro atoms. The minimum atomic E-state index is 0.881. The number of nitrogens with one attached hydrogen (secondary N) is 2. The number of piperazine rings is 1. The summed E-state index contributed by atoms with van der Waals surface area (Å²) in [6.45, 7) is 6.24. The van der Waals surface area contributed by atoms with Crippen molar-refractivity contribution in [3.05, 3.63) is 57.2 Å². The highest BCUT2D eigenvalue weighted by molar-refractivity contribution is 7.80. The Labute approximate surface area is 158 Å². The standard InChI is InChI=1S/C18H22ClN3S2/c19-17-7-6-16(24-17)14-21-10-12-22(13-11-21)18(23)20-9-8-15-4-2-1-3-5-15/h1-7H,8-14H2,(H,20,23)/p+1. The van der Waals surface area contributed by atoms with Gasteiger partial charge in [0, 0.05) is 6.54 Å². The molecule has 2 N–H and O–H groups in total. The van der Waals surface area contributed by atoms with Crippen LogP contribution in [-0.4, -0.2) is 42.7 Å². The lowest BCUT2D eigenvalue weighted by Gasteiger charge is -2.33. The molecule has 1 aliphatic rings. The van der Waals surface area contributed by atoms with Gasteiger partial charge in [0.1, 0.15) is 6.54 Å². The molecule has 3 nitrogen and oxygen atoms in total. The zero-order valence-electron chi connectivity index (χ0n) is 13.6. The van der Waals surface area contributed by atoms with Crippen LogP contribution in [0.15, 0.2) is 42.5 Å². The van der Waals surface area contributed by atoms with Crippen molar-refractivity contribution in [2.75, 3.05) is 32.7 Å². The first-order chi connectivity index (χ1) is 11.7. The number of halogens is 1. The van der Waals surface area contributed by atoms with Crippen molar-refractivity contribution < 1.29 is 4.90 Å². The van der Waals surface area contributed by atoms with Crippen molar-refractivity contribution in [2.45, 2.75) is 13.0 Å². The van der Waals surface area contributed by atoms with E-state index >= 15 is 0 Å². The topological polar surface area (TPSA) is 19.7 Å². The van der Waals surface area contributed by atoms with E-state index in [4.69, 9.17) is 23.8 Å². The molecular formula is C18H23ClN3S2+. The summed E-state index contributed by atoms with van der Waals surface area (Å²) in [5.74, 6) is 0. The Morgan fingerprint density at radius 1 is 1.17 bits per heavy atom. The Morgan fingerprint density at radius 2 is 1.92 bits per heavy atom. The number of hydrogen-bond acceptors (Lipinski definition) is 2. The third-order valence-corrected chi connectivity index (χ3v) is 5.98. The average molecular weight is 381 g/mol. The second kappa shape index (κ2) is 8.81. The monoisotopic (exact) mass is 380 g/mol. The third kappa shape index (κ3) is 5.18. The maximum absolute atomic E-state index is 6.01. The predicted molar refractivity (Wildman–Crippen MR) is 106 cm³/mol. The molecule has 0 atom stereocenters. The van der Waals surface area contributed by atoms with Crippen LogP contribution in [0.4, 0.5) is 0 Å². The van der Waals surface area contributed by atoms with Crippen LogP contribution in [0, 0.1) is 0 Å². The number of hydrogen-bond donors (Lipinski definition) is 2. The summed E-state index contributed by atoms with van der Waals surface area (Å²) in [4.78, 5) is 5.27. The average Bonchev–Trinajstić information content (AvgIpc) is 3.01. The minimum absolute atomic E-state index is 0.881. The van der Waals surface area contributed by atoms with E-state index in [1.165, 1.54) is 10.4 Å². The molecule has 0 aliphatic carbocycles. The molecule has 1 saturated heterocycles. The number of thiocarbonyl (C=S) groups is 1. The molecule has 1 aliphatic heterocycles. The van der Waals surface area contributed by atoms with Crippen LogP contribution in [-0.2, 0) is 13.0 Å². The minimum Gasteiger partial charge on any atom is -0.362 e. The fraction of sp³-hybridized carbons (Fsp3) is 0.389. The van der Waals surface area contributed by atoms with Crippen molar-refractivity contribution in [1.82, 2.24) is 10.2 Å². The predicted octanol–water partition coefficient (Wildman–Crippen LogP) is 2.22. The molecule has 6 heteroatoms. The van der Waals surface area contributed by atoms with E-state index in [1.54, 1.807) is 16.2 Å². The zero-order valence-corrected chi connectivity index (χ0v) is 16.0. The van der Waals surface area contributed by atoms with E-state index in [9.17, 15) is 0 Å². The highest BCUT2D eigenvalue weighted by Gasteiger charge is 2.22. The van der Waals surface area contributed by atoms with Crippen LogP contribution in [0.3, 0.4) is 0 Å². The van der Waals surface area contributed by atoms with E-state index in [0.29, 0.717) is 0 Å². The number of thiophene rings is 1. The molecule has 0 unspecified atom stereocenters. The molecule has 1 aromatic heterocycles. The Bertz CT molecular complexity index is 651. The second-order valence-corrected chi connectivity index (χ2v) is 8.27. The first-order valence-corrected chi connectivity index (χ1v) is 9.95. The van der Waals surface area contributed by atoms with E-state index in [2.05, 4.69) is 40.5 Å². The highest BCUT2D eigenvalue weighted by atomic mass is 35.5. The van der Waals surface area contributed by atoms with Crippen molar-refractivity contribution in [3.8, 4) is 0 Å². The molecule has 24 heavy (non-hydrogen) atoms. The first kappa shape index (κ1) is 17.7. The van der Waals surface area contributed by atoms with Gasteiger partial charge >= 0.3 is 0 Å². The van der Waals surface area contributed by atoms with Crippen molar-refractivity contribution in [1.29, 1.82) is 0 Å². The summed E-state index contributed by atoms with van der Waals surface area (Å²) in [7, 11) is 0. The maximum atomic E-state index is 6.01. The van der Waals surface area contributed by atoms with Crippen molar-refractivity contribution in [2.24, 2.45) is 0 Å². The van der Waals surface area contributed by atoms with Gasteiger partial charge in [-0.15, -0.1) is 11.3 Å². The van der Waals surface area contributed by atoms with Crippen molar-refractivity contribution in [3.63, 3.8) is 0 Å². The SMILES string of the molecule is S=C(NCCc1ccccc1)N1CC[NH+](Cc2ccc(Cl)s2)CC1. The Balaban J connectivity index is 1.37. The molecule has 3 rings (SSSR count). The number of benzene rings is 1. The molecule has 1 aromatic carbocycles. The van der Waals surface area contributed by atoms with Gasteiger partial charge in [-0.1, -0.05) is 41.9 Å². The van der Waals surface area contributed by atoms with Gasteiger partial charge in [0.15, 0.2) is 5.11 Å². The molecule has 0 radical (unpaired) electrons. The summed E-state index contributed by atoms with van der Waals surface area (Å²) in [5, 5.41) is 4.29. The van der Waals surface area contributed by atoms with Gasteiger partial charge in [0.2, 0.25) is 0 Å². The van der Waals surface area contributed by atoms with Crippen LogP contribution in [0.25, 0.3) is 0 Å². The van der Waals surface area contributed by atoms with Gasteiger partial charge in [-0.3, -0.25) is 0 Å². The van der Waals surface area contributed by atoms with E-state index < -0.39 is 0 Å². The van der Waals surface area contributed by atoms with Crippen LogP contribution in [0.5, 0.6) is 0 Å². The maximum Gasteiger partial charge on any atom is 0.169 e. The van der Waals surface area contributed by atoms with Gasteiger partial charge in [-0.25, -0.2) is 0 Å². The van der Waals surface area contributed by atoms with E-state index in [1.807, 2.05) is 12.1 Å². The highest BCUT2D eigenvalue weighted by Crippen LogP contribution is 2.20. The molecule has 0 amide bonds. The Hall–Kier alpha value is -1.14. The lowest BCUT2D eigenvalue weighted by Crippen LogP contribution is -3.13. The number of nitrogens with zero attached hydrogens (tertiary/aromatic N) is 1. The molecule has 128 valence electrons. The molecule has 0 bridgehead atoms. The number of quaternary nitrogens is 1. The lowest BCUT2D eigenvalue weighted by molar-refractivity contribution is -0.917. The van der Waals surface area contributed by atoms with Gasteiger partial charge in [0.25, 0.3) is 0 Å². The van der Waals surface area contributed by atoms with E-state index in [0.717, 1.165) is 55.1 Å². The smallest absolute Gasteiger partial charge is 0.169 e. The zero-order chi connectivity index (χ0) is 16.8. The van der Waals surface area contributed by atoms with Crippen LogP contribution >= 0.6 is 35.2 Å². The van der Waals surface area contributed by atoms with Gasteiger partial charge in [0.05, 0.1) is 35.4 Å². The molecule has 0 saturated carbocycles. The van der Waals surface area contributed by atoms with Crippen molar-refractivity contribution >= 4 is 40.3 Å². The summed E-state index contributed by atoms with van der Waals surface area (Å²) < 4.78 is 0.881. The normalized spacial score (nSPS) is 15.5. The quantitative estimate of drug-likeness (QED) is 0.776. The van der Waals surface area contributed by atoms with Crippen LogP contribution in [0.2, 0.25) is 4.34 Å². The summed E-state index contributed by atoms with van der Waals surface area (Å²) >= 11 is 13.3. The molecule has 2 heterocycles. The molecule has 2 aromatic rings. The van der Waals surface area contributed by atoms with Gasteiger partial charge in [-0.2, -0.15) is 0 Å². The fourth-order valence-electron chi connectivity index (χ4n) is 2.97. The van der Waals surface area contributed by atoms with E-state index in [-0.39, 0.29) is 0 Å². The summed E-state index contributed by atoms with van der Waals surface area (Å²) in [6.07, 6.45) is 1.01. The Morgan fingerprint density at radius 3 is 2.58 bits per heavy atom. The number of rotatable bonds is 5. The fourth-order valence-corrected chi connectivity index (χ4v) is 4.41. The second-order valence-electron chi connectivity index (χ2n) is 6.09. The summed E-state index contributed by atoms with van der Waals surface area (Å²) in [5.41, 5.74) is 1.34. The molecular weight excluding hydrogens is 358 g/mol. The van der Waals surface area contributed by atoms with Crippen LogP contribution < -0.4 is 10.2 Å².